The second-order valence-corrected chi connectivity index (χ2v) is 5.45. The lowest BCUT2D eigenvalue weighted by Gasteiger charge is -2.19. The summed E-state index contributed by atoms with van der Waals surface area (Å²) in [6, 6.07) is 8.17. The SMILES string of the molecule is Cc1noc(C)c1NC(=O)NCCN1CCc2ccccc21. The summed E-state index contributed by atoms with van der Waals surface area (Å²) in [6.07, 6.45) is 1.07. The summed E-state index contributed by atoms with van der Waals surface area (Å²) < 4.78 is 5.02. The summed E-state index contributed by atoms with van der Waals surface area (Å²) in [4.78, 5) is 14.2. The number of carbonyl (C=O) groups excluding carboxylic acids is 1. The lowest BCUT2D eigenvalue weighted by molar-refractivity contribution is 0.252. The molecule has 22 heavy (non-hydrogen) atoms. The highest BCUT2D eigenvalue weighted by Crippen LogP contribution is 2.26. The van der Waals surface area contributed by atoms with Crippen LogP contribution in [0.5, 0.6) is 0 Å². The molecule has 2 N–H and O–H groups in total. The van der Waals surface area contributed by atoms with E-state index in [0.29, 0.717) is 23.7 Å². The quantitative estimate of drug-likeness (QED) is 0.910. The zero-order chi connectivity index (χ0) is 15.5. The summed E-state index contributed by atoms with van der Waals surface area (Å²) in [7, 11) is 0. The monoisotopic (exact) mass is 300 g/mol. The molecule has 1 aromatic carbocycles. The predicted octanol–water partition coefficient (Wildman–Crippen LogP) is 2.48. The number of para-hydroxylation sites is 1. The van der Waals surface area contributed by atoms with Crippen LogP contribution >= 0.6 is 0 Å². The van der Waals surface area contributed by atoms with Gasteiger partial charge in [0.2, 0.25) is 0 Å². The van der Waals surface area contributed by atoms with E-state index < -0.39 is 0 Å². The van der Waals surface area contributed by atoms with Gasteiger partial charge in [-0.05, 0) is 31.9 Å². The first-order valence-corrected chi connectivity index (χ1v) is 7.45. The van der Waals surface area contributed by atoms with Crippen molar-refractivity contribution in [3.63, 3.8) is 0 Å². The molecule has 116 valence electrons. The van der Waals surface area contributed by atoms with E-state index in [-0.39, 0.29) is 6.03 Å². The maximum atomic E-state index is 11.9. The van der Waals surface area contributed by atoms with Gasteiger partial charge in [0.05, 0.1) is 0 Å². The molecule has 0 saturated carbocycles. The Labute approximate surface area is 129 Å². The van der Waals surface area contributed by atoms with E-state index in [1.165, 1.54) is 11.3 Å². The van der Waals surface area contributed by atoms with Gasteiger partial charge in [-0.3, -0.25) is 0 Å². The number of urea groups is 1. The minimum Gasteiger partial charge on any atom is -0.369 e. The maximum Gasteiger partial charge on any atom is 0.319 e. The third-order valence-corrected chi connectivity index (χ3v) is 3.92. The molecular formula is C16H20N4O2. The molecule has 0 bridgehead atoms. The smallest absolute Gasteiger partial charge is 0.319 e. The molecule has 0 atom stereocenters. The lowest BCUT2D eigenvalue weighted by atomic mass is 10.2. The van der Waals surface area contributed by atoms with Gasteiger partial charge < -0.3 is 20.1 Å². The van der Waals surface area contributed by atoms with Gasteiger partial charge in [0.1, 0.15) is 11.4 Å². The number of hydrogen-bond acceptors (Lipinski definition) is 4. The van der Waals surface area contributed by atoms with Gasteiger partial charge in [-0.1, -0.05) is 23.4 Å². The molecule has 2 aromatic rings. The number of nitrogens with one attached hydrogen (secondary N) is 2. The zero-order valence-corrected chi connectivity index (χ0v) is 12.8. The minimum atomic E-state index is -0.234. The second kappa shape index (κ2) is 6.09. The van der Waals surface area contributed by atoms with E-state index in [0.717, 1.165) is 19.5 Å². The van der Waals surface area contributed by atoms with Crippen molar-refractivity contribution in [1.29, 1.82) is 0 Å². The zero-order valence-electron chi connectivity index (χ0n) is 12.8. The van der Waals surface area contributed by atoms with Crippen LogP contribution in [0.2, 0.25) is 0 Å². The van der Waals surface area contributed by atoms with Crippen molar-refractivity contribution >= 4 is 17.4 Å². The van der Waals surface area contributed by atoms with Gasteiger partial charge in [0.25, 0.3) is 0 Å². The van der Waals surface area contributed by atoms with Gasteiger partial charge >= 0.3 is 6.03 Å². The standard InChI is InChI=1S/C16H20N4O2/c1-11-15(12(2)22-19-11)18-16(21)17-8-10-20-9-7-13-5-3-4-6-14(13)20/h3-6H,7-10H2,1-2H3,(H2,17,18,21). The van der Waals surface area contributed by atoms with Crippen LogP contribution in [-0.2, 0) is 6.42 Å². The van der Waals surface area contributed by atoms with Crippen LogP contribution in [0.25, 0.3) is 0 Å². The largest absolute Gasteiger partial charge is 0.369 e. The van der Waals surface area contributed by atoms with Crippen molar-refractivity contribution in [3.05, 3.63) is 41.3 Å². The fourth-order valence-corrected chi connectivity index (χ4v) is 2.76. The Morgan fingerprint density at radius 2 is 2.18 bits per heavy atom. The first-order chi connectivity index (χ1) is 10.6. The molecular weight excluding hydrogens is 280 g/mol. The number of nitrogens with zero attached hydrogens (tertiary/aromatic N) is 2. The van der Waals surface area contributed by atoms with Gasteiger partial charge in [0.15, 0.2) is 5.76 Å². The van der Waals surface area contributed by atoms with Crippen molar-refractivity contribution in [3.8, 4) is 0 Å². The Morgan fingerprint density at radius 3 is 2.95 bits per heavy atom. The van der Waals surface area contributed by atoms with Crippen LogP contribution in [0.3, 0.4) is 0 Å². The highest BCUT2D eigenvalue weighted by atomic mass is 16.5. The minimum absolute atomic E-state index is 0.234. The summed E-state index contributed by atoms with van der Waals surface area (Å²) in [5.41, 5.74) is 3.98. The average molecular weight is 300 g/mol. The van der Waals surface area contributed by atoms with Crippen LogP contribution in [0.15, 0.2) is 28.8 Å². The van der Waals surface area contributed by atoms with E-state index in [1.807, 2.05) is 0 Å². The summed E-state index contributed by atoms with van der Waals surface area (Å²) >= 11 is 0. The number of amides is 2. The predicted molar refractivity (Wildman–Crippen MR) is 85.4 cm³/mol. The van der Waals surface area contributed by atoms with Crippen molar-refractivity contribution in [2.75, 3.05) is 29.9 Å². The summed E-state index contributed by atoms with van der Waals surface area (Å²) in [5.74, 6) is 0.612. The van der Waals surface area contributed by atoms with Crippen LogP contribution < -0.4 is 15.5 Å². The highest BCUT2D eigenvalue weighted by molar-refractivity contribution is 5.90. The van der Waals surface area contributed by atoms with Gasteiger partial charge in [-0.25, -0.2) is 4.79 Å². The Hall–Kier alpha value is -2.50. The molecule has 3 rings (SSSR count). The Kier molecular flexibility index (Phi) is 4.00. The van der Waals surface area contributed by atoms with Crippen LogP contribution in [-0.4, -0.2) is 30.8 Å². The van der Waals surface area contributed by atoms with Gasteiger partial charge in [-0.2, -0.15) is 0 Å². The molecule has 1 aliphatic rings. The molecule has 2 amide bonds. The fraction of sp³-hybridized carbons (Fsp3) is 0.375. The third kappa shape index (κ3) is 2.90. The van der Waals surface area contributed by atoms with E-state index in [4.69, 9.17) is 4.52 Å². The summed E-state index contributed by atoms with van der Waals surface area (Å²) in [5, 5.41) is 9.46. The molecule has 1 aromatic heterocycles. The molecule has 0 fully saturated rings. The fourth-order valence-electron chi connectivity index (χ4n) is 2.76. The number of hydrogen-bond donors (Lipinski definition) is 2. The molecule has 6 nitrogen and oxygen atoms in total. The number of fused-ring (bicyclic) bond motifs is 1. The van der Waals surface area contributed by atoms with Crippen LogP contribution in [0.4, 0.5) is 16.2 Å². The van der Waals surface area contributed by atoms with E-state index in [9.17, 15) is 4.79 Å². The number of aromatic nitrogens is 1. The summed E-state index contributed by atoms with van der Waals surface area (Å²) in [6.45, 7) is 5.96. The first-order valence-electron chi connectivity index (χ1n) is 7.45. The van der Waals surface area contributed by atoms with Gasteiger partial charge in [0, 0.05) is 25.3 Å². The number of benzene rings is 1. The molecule has 0 saturated heterocycles. The average Bonchev–Trinajstić information content (AvgIpc) is 3.06. The Morgan fingerprint density at radius 1 is 1.36 bits per heavy atom. The Balaban J connectivity index is 1.49. The second-order valence-electron chi connectivity index (χ2n) is 5.45. The number of anilines is 2. The molecule has 0 unspecified atom stereocenters. The van der Waals surface area contributed by atoms with Crippen molar-refractivity contribution in [2.24, 2.45) is 0 Å². The van der Waals surface area contributed by atoms with Crippen molar-refractivity contribution in [1.82, 2.24) is 10.5 Å². The Bertz CT molecular complexity index is 661. The number of rotatable bonds is 4. The molecule has 6 heteroatoms. The van der Waals surface area contributed by atoms with Crippen LogP contribution in [0.1, 0.15) is 17.0 Å². The van der Waals surface area contributed by atoms with E-state index in [2.05, 4.69) is 45.0 Å². The first kappa shape index (κ1) is 14.4. The van der Waals surface area contributed by atoms with E-state index >= 15 is 0 Å². The maximum absolute atomic E-state index is 11.9. The highest BCUT2D eigenvalue weighted by Gasteiger charge is 2.18. The van der Waals surface area contributed by atoms with Crippen molar-refractivity contribution in [2.45, 2.75) is 20.3 Å². The van der Waals surface area contributed by atoms with Gasteiger partial charge in [-0.15, -0.1) is 0 Å². The lowest BCUT2D eigenvalue weighted by Crippen LogP contribution is -2.36. The number of carbonyl (C=O) groups is 1. The normalized spacial score (nSPS) is 13.1. The molecule has 2 heterocycles. The van der Waals surface area contributed by atoms with Crippen LogP contribution in [0, 0.1) is 13.8 Å². The third-order valence-electron chi connectivity index (χ3n) is 3.92. The molecule has 0 aliphatic carbocycles. The molecule has 0 radical (unpaired) electrons. The topological polar surface area (TPSA) is 70.4 Å². The molecule has 1 aliphatic heterocycles. The van der Waals surface area contributed by atoms with E-state index in [1.54, 1.807) is 13.8 Å². The van der Waals surface area contributed by atoms with Crippen molar-refractivity contribution < 1.29 is 9.32 Å². The molecule has 0 spiro atoms. The number of aryl methyl sites for hydroxylation is 2.